The van der Waals surface area contributed by atoms with Crippen molar-refractivity contribution in [3.05, 3.63) is 33.8 Å². The molecule has 0 saturated heterocycles. The Bertz CT molecular complexity index is 471. The maximum atomic E-state index is 12.0. The lowest BCUT2D eigenvalue weighted by Crippen LogP contribution is -2.36. The second kappa shape index (κ2) is 8.62. The van der Waals surface area contributed by atoms with Crippen LogP contribution in [0.2, 0.25) is 10.0 Å². The number of hydrogen-bond acceptors (Lipinski definition) is 2. The highest BCUT2D eigenvalue weighted by Gasteiger charge is 2.12. The van der Waals surface area contributed by atoms with Crippen LogP contribution < -0.4 is 10.6 Å². The van der Waals surface area contributed by atoms with E-state index in [2.05, 4.69) is 10.6 Å². The van der Waals surface area contributed by atoms with E-state index in [-0.39, 0.29) is 5.91 Å². The molecule has 1 amide bonds. The molecule has 0 aromatic heterocycles. The molecule has 0 unspecified atom stereocenters. The maximum absolute atomic E-state index is 12.0. The summed E-state index contributed by atoms with van der Waals surface area (Å²) >= 11 is 11.8. The van der Waals surface area contributed by atoms with E-state index >= 15 is 0 Å². The molecule has 116 valence electrons. The molecular formula is C16H22Cl2N2O. The zero-order chi connectivity index (χ0) is 15.1. The Hall–Kier alpha value is -0.770. The normalized spacial score (nSPS) is 16.5. The highest BCUT2D eigenvalue weighted by Crippen LogP contribution is 2.20. The molecule has 1 fully saturated rings. The molecule has 3 nitrogen and oxygen atoms in total. The molecule has 0 bridgehead atoms. The number of hydrogen-bond donors (Lipinski definition) is 2. The van der Waals surface area contributed by atoms with Crippen LogP contribution in [0, 0.1) is 0 Å². The fourth-order valence-corrected chi connectivity index (χ4v) is 3.20. The molecule has 21 heavy (non-hydrogen) atoms. The van der Waals surface area contributed by atoms with E-state index in [0.29, 0.717) is 28.2 Å². The van der Waals surface area contributed by atoms with Gasteiger partial charge in [-0.1, -0.05) is 48.9 Å². The Morgan fingerprint density at radius 1 is 1.10 bits per heavy atom. The third-order valence-corrected chi connectivity index (χ3v) is 4.42. The molecule has 0 radical (unpaired) electrons. The Morgan fingerprint density at radius 3 is 2.48 bits per heavy atom. The number of halogens is 2. The number of carbonyl (C=O) groups is 1. The Labute approximate surface area is 136 Å². The quantitative estimate of drug-likeness (QED) is 0.632. The summed E-state index contributed by atoms with van der Waals surface area (Å²) in [6.07, 6.45) is 7.82. The molecule has 1 saturated carbocycles. The summed E-state index contributed by atoms with van der Waals surface area (Å²) in [7, 11) is 0. The summed E-state index contributed by atoms with van der Waals surface area (Å²) < 4.78 is 0. The van der Waals surface area contributed by atoms with E-state index < -0.39 is 0 Å². The number of rotatable bonds is 5. The summed E-state index contributed by atoms with van der Waals surface area (Å²) in [5, 5.41) is 7.33. The van der Waals surface area contributed by atoms with Gasteiger partial charge in [0, 0.05) is 24.2 Å². The summed E-state index contributed by atoms with van der Waals surface area (Å²) in [4.78, 5) is 12.0. The highest BCUT2D eigenvalue weighted by atomic mass is 35.5. The van der Waals surface area contributed by atoms with Crippen molar-refractivity contribution in [2.45, 2.75) is 44.6 Å². The topological polar surface area (TPSA) is 41.1 Å². The number of carbonyl (C=O) groups excluding carboxylic acids is 1. The zero-order valence-corrected chi connectivity index (χ0v) is 13.6. The van der Waals surface area contributed by atoms with Crippen LogP contribution >= 0.6 is 23.2 Å². The van der Waals surface area contributed by atoms with Crippen LogP contribution in [-0.2, 0) is 0 Å². The fraction of sp³-hybridized carbons (Fsp3) is 0.562. The minimum absolute atomic E-state index is 0.153. The summed E-state index contributed by atoms with van der Waals surface area (Å²) in [6, 6.07) is 5.51. The number of benzene rings is 1. The smallest absolute Gasteiger partial charge is 0.252 e. The standard InChI is InChI=1S/C16H22Cl2N2O/c17-12-7-8-14(15(18)11-12)16(21)20-10-9-19-13-5-3-1-2-4-6-13/h7-8,11,13,19H,1-6,9-10H2,(H,20,21). The molecule has 1 aliphatic carbocycles. The lowest BCUT2D eigenvalue weighted by atomic mass is 10.1. The zero-order valence-electron chi connectivity index (χ0n) is 12.1. The molecule has 2 rings (SSSR count). The minimum atomic E-state index is -0.153. The van der Waals surface area contributed by atoms with E-state index in [0.717, 1.165) is 6.54 Å². The van der Waals surface area contributed by atoms with Gasteiger partial charge in [0.15, 0.2) is 0 Å². The first-order valence-electron chi connectivity index (χ1n) is 7.63. The molecular weight excluding hydrogens is 307 g/mol. The van der Waals surface area contributed by atoms with Crippen LogP contribution in [0.3, 0.4) is 0 Å². The first-order chi connectivity index (χ1) is 10.2. The first-order valence-corrected chi connectivity index (χ1v) is 8.39. The third kappa shape index (κ3) is 5.50. The molecule has 0 spiro atoms. The van der Waals surface area contributed by atoms with Crippen LogP contribution in [0.1, 0.15) is 48.9 Å². The lowest BCUT2D eigenvalue weighted by Gasteiger charge is -2.16. The van der Waals surface area contributed by atoms with Gasteiger partial charge < -0.3 is 10.6 Å². The molecule has 1 aromatic carbocycles. The van der Waals surface area contributed by atoms with Gasteiger partial charge >= 0.3 is 0 Å². The molecule has 5 heteroatoms. The summed E-state index contributed by atoms with van der Waals surface area (Å²) in [5.41, 5.74) is 0.468. The van der Waals surface area contributed by atoms with Crippen molar-refractivity contribution in [1.82, 2.24) is 10.6 Å². The van der Waals surface area contributed by atoms with Crippen molar-refractivity contribution < 1.29 is 4.79 Å². The van der Waals surface area contributed by atoms with Gasteiger partial charge in [0.25, 0.3) is 5.91 Å². The highest BCUT2D eigenvalue weighted by molar-refractivity contribution is 6.36. The van der Waals surface area contributed by atoms with Crippen molar-refractivity contribution in [1.29, 1.82) is 0 Å². The average Bonchev–Trinajstić information content (AvgIpc) is 2.72. The maximum Gasteiger partial charge on any atom is 0.252 e. The Kier molecular flexibility index (Phi) is 6.81. The Morgan fingerprint density at radius 2 is 1.81 bits per heavy atom. The van der Waals surface area contributed by atoms with E-state index in [1.165, 1.54) is 38.5 Å². The fourth-order valence-electron chi connectivity index (χ4n) is 2.70. The van der Waals surface area contributed by atoms with Gasteiger partial charge in [-0.3, -0.25) is 4.79 Å². The van der Waals surface area contributed by atoms with Crippen molar-refractivity contribution in [2.75, 3.05) is 13.1 Å². The van der Waals surface area contributed by atoms with Gasteiger partial charge in [-0.2, -0.15) is 0 Å². The van der Waals surface area contributed by atoms with Gasteiger partial charge in [0.2, 0.25) is 0 Å². The third-order valence-electron chi connectivity index (χ3n) is 3.87. The van der Waals surface area contributed by atoms with Crippen molar-refractivity contribution in [3.8, 4) is 0 Å². The van der Waals surface area contributed by atoms with Crippen molar-refractivity contribution in [3.63, 3.8) is 0 Å². The second-order valence-electron chi connectivity index (χ2n) is 5.52. The number of amides is 1. The lowest BCUT2D eigenvalue weighted by molar-refractivity contribution is 0.0953. The van der Waals surface area contributed by atoms with Crippen LogP contribution in [0.25, 0.3) is 0 Å². The predicted octanol–water partition coefficient (Wildman–Crippen LogP) is 4.04. The van der Waals surface area contributed by atoms with Crippen molar-refractivity contribution >= 4 is 29.1 Å². The largest absolute Gasteiger partial charge is 0.351 e. The van der Waals surface area contributed by atoms with Crippen molar-refractivity contribution in [2.24, 2.45) is 0 Å². The summed E-state index contributed by atoms with van der Waals surface area (Å²) in [5.74, 6) is -0.153. The van der Waals surface area contributed by atoms with Crippen LogP contribution in [0.4, 0.5) is 0 Å². The molecule has 0 aliphatic heterocycles. The minimum Gasteiger partial charge on any atom is -0.351 e. The van der Waals surface area contributed by atoms with Gasteiger partial charge in [0.1, 0.15) is 0 Å². The van der Waals surface area contributed by atoms with Gasteiger partial charge in [0.05, 0.1) is 10.6 Å². The molecule has 1 aliphatic rings. The predicted molar refractivity (Wildman–Crippen MR) is 88.3 cm³/mol. The van der Waals surface area contributed by atoms with Gasteiger partial charge in [-0.15, -0.1) is 0 Å². The Balaban J connectivity index is 1.71. The number of nitrogens with one attached hydrogen (secondary N) is 2. The summed E-state index contributed by atoms with van der Waals surface area (Å²) in [6.45, 7) is 1.40. The first kappa shape index (κ1) is 16.6. The molecule has 1 aromatic rings. The van der Waals surface area contributed by atoms with E-state index in [4.69, 9.17) is 23.2 Å². The average molecular weight is 329 g/mol. The molecule has 0 atom stereocenters. The van der Waals surface area contributed by atoms with E-state index in [1.807, 2.05) is 0 Å². The van der Waals surface area contributed by atoms with E-state index in [1.54, 1.807) is 18.2 Å². The van der Waals surface area contributed by atoms with Crippen LogP contribution in [-0.4, -0.2) is 25.0 Å². The monoisotopic (exact) mass is 328 g/mol. The SMILES string of the molecule is O=C(NCCNC1CCCCCC1)c1ccc(Cl)cc1Cl. The van der Waals surface area contributed by atoms with Crippen LogP contribution in [0.15, 0.2) is 18.2 Å². The molecule has 2 N–H and O–H groups in total. The van der Waals surface area contributed by atoms with Gasteiger partial charge in [-0.25, -0.2) is 0 Å². The van der Waals surface area contributed by atoms with Crippen LogP contribution in [0.5, 0.6) is 0 Å². The van der Waals surface area contributed by atoms with E-state index in [9.17, 15) is 4.79 Å². The molecule has 0 heterocycles. The van der Waals surface area contributed by atoms with Gasteiger partial charge in [-0.05, 0) is 31.0 Å². The second-order valence-corrected chi connectivity index (χ2v) is 6.37.